The van der Waals surface area contributed by atoms with E-state index in [0.29, 0.717) is 11.0 Å². The molecule has 0 aliphatic rings. The van der Waals surface area contributed by atoms with E-state index in [1.165, 1.54) is 0 Å². The molecule has 0 saturated carbocycles. The van der Waals surface area contributed by atoms with Crippen LogP contribution in [0.2, 0.25) is 5.02 Å². The number of hydrogen-bond acceptors (Lipinski definition) is 3. The van der Waals surface area contributed by atoms with Gasteiger partial charge in [0.1, 0.15) is 0 Å². The smallest absolute Gasteiger partial charge is 0.200 e. The molecule has 0 spiro atoms. The molecular formula is C14H13ClN4. The van der Waals surface area contributed by atoms with E-state index in [2.05, 4.69) is 9.97 Å². The zero-order valence-corrected chi connectivity index (χ0v) is 11.2. The lowest BCUT2D eigenvalue weighted by molar-refractivity contribution is 0.965. The van der Waals surface area contributed by atoms with Crippen LogP contribution in [0, 0.1) is 0 Å². The van der Waals surface area contributed by atoms with Gasteiger partial charge in [-0.1, -0.05) is 17.7 Å². The lowest BCUT2D eigenvalue weighted by Crippen LogP contribution is -1.96. The van der Waals surface area contributed by atoms with Crippen LogP contribution in [0.4, 0.5) is 5.95 Å². The van der Waals surface area contributed by atoms with Crippen LogP contribution in [0.25, 0.3) is 11.0 Å². The number of nitrogens with zero attached hydrogens (tertiary/aromatic N) is 3. The molecule has 0 radical (unpaired) electrons. The number of aromatic nitrogens is 3. The molecule has 1 aromatic carbocycles. The number of aryl methyl sites for hydroxylation is 1. The van der Waals surface area contributed by atoms with Crippen molar-refractivity contribution < 1.29 is 0 Å². The number of nitrogens with two attached hydrogens (primary N) is 1. The van der Waals surface area contributed by atoms with Crippen LogP contribution >= 0.6 is 11.6 Å². The van der Waals surface area contributed by atoms with Gasteiger partial charge in [0.15, 0.2) is 0 Å². The van der Waals surface area contributed by atoms with Gasteiger partial charge >= 0.3 is 0 Å². The van der Waals surface area contributed by atoms with Crippen molar-refractivity contribution in [3.63, 3.8) is 0 Å². The molecule has 0 unspecified atom stereocenters. The van der Waals surface area contributed by atoms with Crippen molar-refractivity contribution >= 4 is 28.6 Å². The molecule has 0 saturated heterocycles. The predicted molar refractivity (Wildman–Crippen MR) is 77.2 cm³/mol. The van der Waals surface area contributed by atoms with Gasteiger partial charge in [-0.3, -0.25) is 4.98 Å². The molecule has 0 aliphatic heterocycles. The fourth-order valence-corrected chi connectivity index (χ4v) is 2.57. The molecule has 2 aromatic heterocycles. The first kappa shape index (κ1) is 12.0. The third-order valence-corrected chi connectivity index (χ3v) is 3.44. The first-order valence-electron chi connectivity index (χ1n) is 5.94. The summed E-state index contributed by atoms with van der Waals surface area (Å²) in [5.74, 6) is 0.468. The molecule has 3 rings (SSSR count). The summed E-state index contributed by atoms with van der Waals surface area (Å²) in [7, 11) is 1.86. The molecule has 4 nitrogen and oxygen atoms in total. The van der Waals surface area contributed by atoms with Crippen molar-refractivity contribution in [1.82, 2.24) is 14.5 Å². The van der Waals surface area contributed by atoms with E-state index in [4.69, 9.17) is 17.3 Å². The number of benzene rings is 1. The number of hydrogen-bond donors (Lipinski definition) is 1. The zero-order valence-electron chi connectivity index (χ0n) is 10.5. The quantitative estimate of drug-likeness (QED) is 0.780. The Morgan fingerprint density at radius 1 is 1.32 bits per heavy atom. The Labute approximate surface area is 115 Å². The maximum Gasteiger partial charge on any atom is 0.200 e. The van der Waals surface area contributed by atoms with Gasteiger partial charge in [0.05, 0.1) is 16.1 Å². The molecule has 2 N–H and O–H groups in total. The van der Waals surface area contributed by atoms with Crippen molar-refractivity contribution in [2.45, 2.75) is 6.42 Å². The first-order valence-corrected chi connectivity index (χ1v) is 6.32. The van der Waals surface area contributed by atoms with Crippen molar-refractivity contribution in [3.8, 4) is 0 Å². The third kappa shape index (κ3) is 2.15. The lowest BCUT2D eigenvalue weighted by Gasteiger charge is -2.04. The topological polar surface area (TPSA) is 56.7 Å². The Morgan fingerprint density at radius 2 is 2.16 bits per heavy atom. The lowest BCUT2D eigenvalue weighted by atomic mass is 10.1. The van der Waals surface area contributed by atoms with Gasteiger partial charge in [0.2, 0.25) is 5.95 Å². The van der Waals surface area contributed by atoms with E-state index in [1.807, 2.05) is 37.5 Å². The second-order valence-electron chi connectivity index (χ2n) is 4.51. The summed E-state index contributed by atoms with van der Waals surface area (Å²) >= 11 is 6.32. The van der Waals surface area contributed by atoms with Gasteiger partial charge in [0, 0.05) is 19.4 Å². The number of nitrogen functional groups attached to an aromatic ring is 1. The van der Waals surface area contributed by atoms with Crippen LogP contribution in [0.1, 0.15) is 11.1 Å². The molecule has 19 heavy (non-hydrogen) atoms. The Morgan fingerprint density at radius 3 is 2.89 bits per heavy atom. The highest BCUT2D eigenvalue weighted by Crippen LogP contribution is 2.27. The van der Waals surface area contributed by atoms with Gasteiger partial charge in [0.25, 0.3) is 0 Å². The van der Waals surface area contributed by atoms with Crippen molar-refractivity contribution in [2.75, 3.05) is 5.73 Å². The van der Waals surface area contributed by atoms with E-state index in [0.717, 1.165) is 28.6 Å². The van der Waals surface area contributed by atoms with Crippen LogP contribution in [0.15, 0.2) is 36.7 Å². The second-order valence-corrected chi connectivity index (χ2v) is 4.92. The zero-order chi connectivity index (χ0) is 13.4. The summed E-state index contributed by atoms with van der Waals surface area (Å²) in [6, 6.07) is 7.94. The Kier molecular flexibility index (Phi) is 2.87. The van der Waals surface area contributed by atoms with E-state index in [-0.39, 0.29) is 0 Å². The molecule has 0 amide bonds. The Balaban J connectivity index is 2.06. The molecule has 2 heterocycles. The van der Waals surface area contributed by atoms with Gasteiger partial charge in [-0.05, 0) is 35.7 Å². The second kappa shape index (κ2) is 4.55. The minimum atomic E-state index is 0.468. The van der Waals surface area contributed by atoms with Gasteiger partial charge in [-0.25, -0.2) is 4.98 Å². The number of fused-ring (bicyclic) bond motifs is 1. The SMILES string of the molecule is Cn1c(N)nc2cc(Cc3cccnc3)cc(Cl)c21. The fourth-order valence-electron chi connectivity index (χ4n) is 2.21. The maximum absolute atomic E-state index is 6.32. The molecule has 0 fully saturated rings. The largest absolute Gasteiger partial charge is 0.369 e. The molecule has 96 valence electrons. The van der Waals surface area contributed by atoms with Crippen LogP contribution in [-0.2, 0) is 13.5 Å². The van der Waals surface area contributed by atoms with Gasteiger partial charge in [-0.2, -0.15) is 0 Å². The van der Waals surface area contributed by atoms with Gasteiger partial charge < -0.3 is 10.3 Å². The minimum absolute atomic E-state index is 0.468. The predicted octanol–water partition coefficient (Wildman–Crippen LogP) is 2.79. The van der Waals surface area contributed by atoms with E-state index in [1.54, 1.807) is 10.8 Å². The Bertz CT molecular complexity index is 734. The standard InChI is InChI=1S/C14H13ClN4/c1-19-13-11(15)6-10(7-12(13)18-14(19)16)5-9-3-2-4-17-8-9/h2-4,6-8H,5H2,1H3,(H2,16,18). The maximum atomic E-state index is 6.32. The Hall–Kier alpha value is -2.07. The molecule has 0 bridgehead atoms. The monoisotopic (exact) mass is 272 g/mol. The average Bonchev–Trinajstić information content (AvgIpc) is 2.66. The summed E-state index contributed by atoms with van der Waals surface area (Å²) in [5, 5.41) is 0.670. The summed E-state index contributed by atoms with van der Waals surface area (Å²) in [6.07, 6.45) is 4.39. The summed E-state index contributed by atoms with van der Waals surface area (Å²) in [6.45, 7) is 0. The highest BCUT2D eigenvalue weighted by molar-refractivity contribution is 6.35. The van der Waals surface area contributed by atoms with Crippen molar-refractivity contribution in [1.29, 1.82) is 0 Å². The number of halogens is 1. The molecule has 3 aromatic rings. The highest BCUT2D eigenvalue weighted by atomic mass is 35.5. The fraction of sp³-hybridized carbons (Fsp3) is 0.143. The molecule has 0 atom stereocenters. The van der Waals surface area contributed by atoms with Crippen molar-refractivity contribution in [3.05, 3.63) is 52.8 Å². The van der Waals surface area contributed by atoms with E-state index in [9.17, 15) is 0 Å². The van der Waals surface area contributed by atoms with Gasteiger partial charge in [-0.15, -0.1) is 0 Å². The highest BCUT2D eigenvalue weighted by Gasteiger charge is 2.10. The number of rotatable bonds is 2. The first-order chi connectivity index (χ1) is 9.15. The summed E-state index contributed by atoms with van der Waals surface area (Å²) in [5.41, 5.74) is 9.74. The number of imidazole rings is 1. The normalized spacial score (nSPS) is 11.1. The van der Waals surface area contributed by atoms with Crippen LogP contribution in [-0.4, -0.2) is 14.5 Å². The third-order valence-electron chi connectivity index (χ3n) is 3.15. The molecule has 5 heteroatoms. The number of anilines is 1. The van der Waals surface area contributed by atoms with Crippen molar-refractivity contribution in [2.24, 2.45) is 7.05 Å². The van der Waals surface area contributed by atoms with Crippen LogP contribution < -0.4 is 5.73 Å². The molecular weight excluding hydrogens is 260 g/mol. The van der Waals surface area contributed by atoms with E-state index < -0.39 is 0 Å². The minimum Gasteiger partial charge on any atom is -0.369 e. The van der Waals surface area contributed by atoms with E-state index >= 15 is 0 Å². The van der Waals surface area contributed by atoms with Crippen LogP contribution in [0.3, 0.4) is 0 Å². The average molecular weight is 273 g/mol. The molecule has 0 aliphatic carbocycles. The van der Waals surface area contributed by atoms with Crippen LogP contribution in [0.5, 0.6) is 0 Å². The summed E-state index contributed by atoms with van der Waals surface area (Å²) in [4.78, 5) is 8.43. The summed E-state index contributed by atoms with van der Waals surface area (Å²) < 4.78 is 1.80. The number of pyridine rings is 1.